The summed E-state index contributed by atoms with van der Waals surface area (Å²) in [6.07, 6.45) is 2.23. The smallest absolute Gasteiger partial charge is 0.164 e. The van der Waals surface area contributed by atoms with Crippen LogP contribution in [-0.2, 0) is 0 Å². The summed E-state index contributed by atoms with van der Waals surface area (Å²) in [5.41, 5.74) is 1.56. The first-order valence-electron chi connectivity index (χ1n) is 6.36. The van der Waals surface area contributed by atoms with Crippen molar-refractivity contribution in [3.05, 3.63) is 65.7 Å². The monoisotopic (exact) mass is 281 g/mol. The third-order valence-electron chi connectivity index (χ3n) is 3.16. The normalized spacial score (nSPS) is 11.6. The Balaban J connectivity index is 2.13. The Morgan fingerprint density at radius 3 is 2.35 bits per heavy atom. The van der Waals surface area contributed by atoms with Crippen LogP contribution >= 0.6 is 11.8 Å². The number of nitriles is 1. The molecule has 20 heavy (non-hydrogen) atoms. The van der Waals surface area contributed by atoms with E-state index in [4.69, 9.17) is 0 Å². The summed E-state index contributed by atoms with van der Waals surface area (Å²) in [4.78, 5) is 13.3. The van der Waals surface area contributed by atoms with Crippen LogP contribution in [0.25, 0.3) is 0 Å². The number of benzene rings is 2. The van der Waals surface area contributed by atoms with Crippen LogP contribution < -0.4 is 0 Å². The van der Waals surface area contributed by atoms with Crippen molar-refractivity contribution in [2.45, 2.75) is 17.2 Å². The minimum atomic E-state index is -0.390. The predicted molar refractivity (Wildman–Crippen MR) is 82.0 cm³/mol. The fraction of sp³-hybridized carbons (Fsp3) is 0.176. The van der Waals surface area contributed by atoms with Gasteiger partial charge in [0.2, 0.25) is 0 Å². The Morgan fingerprint density at radius 1 is 1.15 bits per heavy atom. The van der Waals surface area contributed by atoms with Gasteiger partial charge < -0.3 is 0 Å². The average Bonchev–Trinajstić information content (AvgIpc) is 2.53. The first-order valence-corrected chi connectivity index (χ1v) is 7.59. The maximum absolute atomic E-state index is 12.2. The number of hydrogen-bond acceptors (Lipinski definition) is 3. The molecule has 0 amide bonds. The van der Waals surface area contributed by atoms with Gasteiger partial charge in [-0.25, -0.2) is 0 Å². The Kier molecular flexibility index (Phi) is 4.97. The molecular formula is C17H15NOS. The molecule has 0 heterocycles. The summed E-state index contributed by atoms with van der Waals surface area (Å²) in [6, 6.07) is 19.2. The topological polar surface area (TPSA) is 40.9 Å². The minimum absolute atomic E-state index is 0.00564. The van der Waals surface area contributed by atoms with Crippen LogP contribution in [-0.4, -0.2) is 12.0 Å². The molecule has 0 radical (unpaired) electrons. The van der Waals surface area contributed by atoms with Crippen molar-refractivity contribution in [1.82, 2.24) is 0 Å². The maximum Gasteiger partial charge on any atom is 0.164 e. The molecule has 2 aromatic rings. The maximum atomic E-state index is 12.2. The summed E-state index contributed by atoms with van der Waals surface area (Å²) >= 11 is 1.66. The molecule has 100 valence electrons. The van der Waals surface area contributed by atoms with Gasteiger partial charge in [-0.15, -0.1) is 11.8 Å². The van der Waals surface area contributed by atoms with E-state index in [1.54, 1.807) is 23.9 Å². The molecule has 1 atom stereocenters. The molecule has 0 fully saturated rings. The Labute approximate surface area is 123 Å². The standard InChI is InChI=1S/C17H15NOS/c1-20-16-9-7-13(8-10-16)15(12-18)11-17(19)14-5-3-2-4-6-14/h2-10,15H,11H2,1H3. The van der Waals surface area contributed by atoms with Crippen LogP contribution in [0.1, 0.15) is 28.3 Å². The van der Waals surface area contributed by atoms with Gasteiger partial charge in [-0.2, -0.15) is 5.26 Å². The highest BCUT2D eigenvalue weighted by molar-refractivity contribution is 7.98. The van der Waals surface area contributed by atoms with Crippen molar-refractivity contribution in [3.8, 4) is 6.07 Å². The fourth-order valence-corrected chi connectivity index (χ4v) is 2.41. The molecule has 0 spiro atoms. The van der Waals surface area contributed by atoms with Crippen molar-refractivity contribution in [3.63, 3.8) is 0 Å². The van der Waals surface area contributed by atoms with Gasteiger partial charge in [0.25, 0.3) is 0 Å². The SMILES string of the molecule is CSc1ccc(C(C#N)CC(=O)c2ccccc2)cc1. The number of ketones is 1. The summed E-state index contributed by atoms with van der Waals surface area (Å²) < 4.78 is 0. The van der Waals surface area contributed by atoms with Crippen molar-refractivity contribution >= 4 is 17.5 Å². The highest BCUT2D eigenvalue weighted by Crippen LogP contribution is 2.24. The molecule has 0 bridgehead atoms. The fourth-order valence-electron chi connectivity index (χ4n) is 2.00. The molecule has 2 rings (SSSR count). The number of hydrogen-bond donors (Lipinski definition) is 0. The molecular weight excluding hydrogens is 266 g/mol. The number of carbonyl (C=O) groups excluding carboxylic acids is 1. The van der Waals surface area contributed by atoms with E-state index in [9.17, 15) is 10.1 Å². The molecule has 0 saturated heterocycles. The Bertz CT molecular complexity index is 614. The molecule has 3 heteroatoms. The second-order valence-electron chi connectivity index (χ2n) is 4.45. The van der Waals surface area contributed by atoms with Crippen molar-refractivity contribution in [2.75, 3.05) is 6.26 Å². The molecule has 0 saturated carbocycles. The molecule has 1 unspecified atom stereocenters. The minimum Gasteiger partial charge on any atom is -0.294 e. The molecule has 0 aliphatic carbocycles. The average molecular weight is 281 g/mol. The summed E-state index contributed by atoms with van der Waals surface area (Å²) in [5.74, 6) is -0.385. The predicted octanol–water partition coefficient (Wildman–Crippen LogP) is 4.29. The highest BCUT2D eigenvalue weighted by Gasteiger charge is 2.16. The van der Waals surface area contributed by atoms with Crippen LogP contribution in [0.4, 0.5) is 0 Å². The van der Waals surface area contributed by atoms with Crippen LogP contribution in [0.2, 0.25) is 0 Å². The Hall–Kier alpha value is -2.05. The molecule has 0 aromatic heterocycles. The van der Waals surface area contributed by atoms with Gasteiger partial charge >= 0.3 is 0 Å². The molecule has 0 N–H and O–H groups in total. The van der Waals surface area contributed by atoms with E-state index < -0.39 is 5.92 Å². The van der Waals surface area contributed by atoms with E-state index in [2.05, 4.69) is 6.07 Å². The summed E-state index contributed by atoms with van der Waals surface area (Å²) in [6.45, 7) is 0. The van der Waals surface area contributed by atoms with E-state index in [0.717, 1.165) is 10.5 Å². The zero-order valence-electron chi connectivity index (χ0n) is 11.2. The van der Waals surface area contributed by atoms with Crippen molar-refractivity contribution in [1.29, 1.82) is 5.26 Å². The molecule has 2 aromatic carbocycles. The van der Waals surface area contributed by atoms with Crippen LogP contribution in [0, 0.1) is 11.3 Å². The van der Waals surface area contributed by atoms with Gasteiger partial charge in [0.1, 0.15) is 0 Å². The van der Waals surface area contributed by atoms with Gasteiger partial charge in [0, 0.05) is 16.9 Å². The van der Waals surface area contributed by atoms with E-state index in [0.29, 0.717) is 5.56 Å². The van der Waals surface area contributed by atoms with E-state index in [1.807, 2.05) is 48.7 Å². The Morgan fingerprint density at radius 2 is 1.80 bits per heavy atom. The van der Waals surface area contributed by atoms with Gasteiger partial charge in [-0.05, 0) is 24.0 Å². The van der Waals surface area contributed by atoms with E-state index in [-0.39, 0.29) is 12.2 Å². The third-order valence-corrected chi connectivity index (χ3v) is 3.90. The van der Waals surface area contributed by atoms with Gasteiger partial charge in [0.15, 0.2) is 5.78 Å². The lowest BCUT2D eigenvalue weighted by atomic mass is 9.93. The lowest BCUT2D eigenvalue weighted by molar-refractivity contribution is 0.0979. The van der Waals surface area contributed by atoms with Crippen molar-refractivity contribution in [2.24, 2.45) is 0 Å². The van der Waals surface area contributed by atoms with E-state index >= 15 is 0 Å². The molecule has 2 nitrogen and oxygen atoms in total. The number of Topliss-reactive ketones (excluding diaryl/α,β-unsaturated/α-hetero) is 1. The number of rotatable bonds is 5. The first-order chi connectivity index (χ1) is 9.74. The van der Waals surface area contributed by atoms with Crippen LogP contribution in [0.15, 0.2) is 59.5 Å². The lowest BCUT2D eigenvalue weighted by Gasteiger charge is -2.09. The van der Waals surface area contributed by atoms with Crippen LogP contribution in [0.3, 0.4) is 0 Å². The van der Waals surface area contributed by atoms with Gasteiger partial charge in [0.05, 0.1) is 12.0 Å². The lowest BCUT2D eigenvalue weighted by Crippen LogP contribution is -2.06. The van der Waals surface area contributed by atoms with Gasteiger partial charge in [-0.3, -0.25) is 4.79 Å². The van der Waals surface area contributed by atoms with Crippen molar-refractivity contribution < 1.29 is 4.79 Å². The number of carbonyl (C=O) groups is 1. The largest absolute Gasteiger partial charge is 0.294 e. The van der Waals surface area contributed by atoms with Crippen LogP contribution in [0.5, 0.6) is 0 Å². The quantitative estimate of drug-likeness (QED) is 0.606. The number of thioether (sulfide) groups is 1. The summed E-state index contributed by atoms with van der Waals surface area (Å²) in [5, 5.41) is 9.29. The second kappa shape index (κ2) is 6.93. The highest BCUT2D eigenvalue weighted by atomic mass is 32.2. The van der Waals surface area contributed by atoms with E-state index in [1.165, 1.54) is 0 Å². The molecule has 0 aliphatic rings. The molecule has 0 aliphatic heterocycles. The zero-order chi connectivity index (χ0) is 14.4. The zero-order valence-corrected chi connectivity index (χ0v) is 12.1. The van der Waals surface area contributed by atoms with Gasteiger partial charge in [-0.1, -0.05) is 42.5 Å². The number of nitrogens with zero attached hydrogens (tertiary/aromatic N) is 1. The first kappa shape index (κ1) is 14.4. The summed E-state index contributed by atoms with van der Waals surface area (Å²) in [7, 11) is 0. The third kappa shape index (κ3) is 3.49. The second-order valence-corrected chi connectivity index (χ2v) is 5.33.